The summed E-state index contributed by atoms with van der Waals surface area (Å²) in [6, 6.07) is 7.32. The van der Waals surface area contributed by atoms with Gasteiger partial charge in [-0.25, -0.2) is 5.43 Å². The summed E-state index contributed by atoms with van der Waals surface area (Å²) in [5, 5.41) is 11.8. The zero-order valence-electron chi connectivity index (χ0n) is 12.9. The van der Waals surface area contributed by atoms with Gasteiger partial charge in [0, 0.05) is 17.1 Å². The van der Waals surface area contributed by atoms with Crippen LogP contribution in [0.25, 0.3) is 0 Å². The van der Waals surface area contributed by atoms with Crippen molar-refractivity contribution < 1.29 is 4.79 Å². The third kappa shape index (κ3) is 4.18. The summed E-state index contributed by atoms with van der Waals surface area (Å²) in [5.41, 5.74) is 7.27. The first-order valence-corrected chi connectivity index (χ1v) is 7.44. The Bertz CT molecular complexity index is 669. The maximum Gasteiger partial charge on any atom is 0.240 e. The first-order valence-electron chi connectivity index (χ1n) is 7.07. The number of rotatable bonds is 5. The molecule has 5 nitrogen and oxygen atoms in total. The summed E-state index contributed by atoms with van der Waals surface area (Å²) in [6.45, 7) is 5.73. The molecule has 0 spiro atoms. The van der Waals surface area contributed by atoms with Crippen molar-refractivity contribution in [2.45, 2.75) is 33.6 Å². The lowest BCUT2D eigenvalue weighted by molar-refractivity contribution is -0.121. The first kappa shape index (κ1) is 16.2. The van der Waals surface area contributed by atoms with Crippen LogP contribution in [0.15, 0.2) is 29.4 Å². The molecule has 0 saturated carbocycles. The highest BCUT2D eigenvalue weighted by Crippen LogP contribution is 2.12. The van der Waals surface area contributed by atoms with Gasteiger partial charge in [0.25, 0.3) is 0 Å². The summed E-state index contributed by atoms with van der Waals surface area (Å²) in [6.07, 6.45) is 1.02. The standard InChI is InChI=1S/C16H19ClN4O/c1-10(13-4-6-14(17)7-5-13)18-21-16(22)9-8-15-11(2)19-20-12(15)3/h4-7H,8-9H2,1-3H3,(H,19,20)(H,21,22). The van der Waals surface area contributed by atoms with E-state index < -0.39 is 0 Å². The number of aryl methyl sites for hydroxylation is 2. The largest absolute Gasteiger partial charge is 0.282 e. The Morgan fingerprint density at radius 3 is 2.59 bits per heavy atom. The summed E-state index contributed by atoms with van der Waals surface area (Å²) in [4.78, 5) is 11.9. The normalized spacial score (nSPS) is 11.5. The molecule has 0 aliphatic carbocycles. The third-order valence-electron chi connectivity index (χ3n) is 3.49. The van der Waals surface area contributed by atoms with E-state index in [4.69, 9.17) is 11.6 Å². The molecule has 2 N–H and O–H groups in total. The van der Waals surface area contributed by atoms with E-state index in [1.54, 1.807) is 12.1 Å². The van der Waals surface area contributed by atoms with Gasteiger partial charge in [0.2, 0.25) is 5.91 Å². The molecule has 1 aromatic carbocycles. The van der Waals surface area contributed by atoms with Gasteiger partial charge in [0.05, 0.1) is 11.4 Å². The van der Waals surface area contributed by atoms with E-state index in [0.29, 0.717) is 17.9 Å². The van der Waals surface area contributed by atoms with Gasteiger partial charge in [-0.3, -0.25) is 9.89 Å². The number of H-pyrrole nitrogens is 1. The second kappa shape index (κ2) is 7.22. The minimum atomic E-state index is -0.117. The lowest BCUT2D eigenvalue weighted by atomic mass is 10.1. The zero-order chi connectivity index (χ0) is 16.1. The van der Waals surface area contributed by atoms with Gasteiger partial charge in [0.15, 0.2) is 0 Å². The predicted octanol–water partition coefficient (Wildman–Crippen LogP) is 3.15. The number of nitrogens with zero attached hydrogens (tertiary/aromatic N) is 2. The van der Waals surface area contributed by atoms with Crippen LogP contribution in [0.4, 0.5) is 0 Å². The molecule has 1 amide bonds. The molecule has 6 heteroatoms. The summed E-state index contributed by atoms with van der Waals surface area (Å²) in [5.74, 6) is -0.117. The topological polar surface area (TPSA) is 70.1 Å². The van der Waals surface area contributed by atoms with Crippen LogP contribution in [-0.2, 0) is 11.2 Å². The molecule has 0 saturated heterocycles. The Kier molecular flexibility index (Phi) is 5.33. The Morgan fingerprint density at radius 1 is 1.32 bits per heavy atom. The average molecular weight is 319 g/mol. The minimum absolute atomic E-state index is 0.117. The van der Waals surface area contributed by atoms with Crippen molar-refractivity contribution in [3.8, 4) is 0 Å². The number of amides is 1. The zero-order valence-corrected chi connectivity index (χ0v) is 13.7. The quantitative estimate of drug-likeness (QED) is 0.656. The van der Waals surface area contributed by atoms with E-state index >= 15 is 0 Å². The Balaban J connectivity index is 1.89. The van der Waals surface area contributed by atoms with Crippen LogP contribution < -0.4 is 5.43 Å². The number of carbonyl (C=O) groups excluding carboxylic acids is 1. The Labute approximate surface area is 134 Å². The summed E-state index contributed by atoms with van der Waals surface area (Å²) in [7, 11) is 0. The van der Waals surface area contributed by atoms with E-state index in [0.717, 1.165) is 28.2 Å². The smallest absolute Gasteiger partial charge is 0.240 e. The minimum Gasteiger partial charge on any atom is -0.282 e. The Hall–Kier alpha value is -2.14. The van der Waals surface area contributed by atoms with Crippen molar-refractivity contribution in [3.63, 3.8) is 0 Å². The lowest BCUT2D eigenvalue weighted by Crippen LogP contribution is -2.19. The van der Waals surface area contributed by atoms with Gasteiger partial charge >= 0.3 is 0 Å². The van der Waals surface area contributed by atoms with Gasteiger partial charge < -0.3 is 0 Å². The van der Waals surface area contributed by atoms with Crippen molar-refractivity contribution in [1.29, 1.82) is 0 Å². The molecule has 0 bridgehead atoms. The molecule has 1 aromatic heterocycles. The first-order chi connectivity index (χ1) is 10.5. The highest BCUT2D eigenvalue weighted by Gasteiger charge is 2.09. The van der Waals surface area contributed by atoms with E-state index in [1.165, 1.54) is 0 Å². The number of carbonyl (C=O) groups is 1. The fraction of sp³-hybridized carbons (Fsp3) is 0.312. The van der Waals surface area contributed by atoms with Crippen LogP contribution >= 0.6 is 11.6 Å². The second-order valence-corrected chi connectivity index (χ2v) is 5.59. The molecule has 0 radical (unpaired) electrons. The maximum absolute atomic E-state index is 11.9. The van der Waals surface area contributed by atoms with Crippen molar-refractivity contribution in [3.05, 3.63) is 51.8 Å². The number of hydrogen-bond donors (Lipinski definition) is 2. The molecular weight excluding hydrogens is 300 g/mol. The third-order valence-corrected chi connectivity index (χ3v) is 3.75. The second-order valence-electron chi connectivity index (χ2n) is 5.15. The van der Waals surface area contributed by atoms with Gasteiger partial charge in [0.1, 0.15) is 0 Å². The number of benzene rings is 1. The van der Waals surface area contributed by atoms with Crippen LogP contribution in [0, 0.1) is 13.8 Å². The molecule has 1 heterocycles. The number of aromatic amines is 1. The molecule has 0 aliphatic heterocycles. The fourth-order valence-electron chi connectivity index (χ4n) is 2.14. The predicted molar refractivity (Wildman–Crippen MR) is 88.2 cm³/mol. The van der Waals surface area contributed by atoms with Crippen molar-refractivity contribution in [2.75, 3.05) is 0 Å². The average Bonchev–Trinajstić information content (AvgIpc) is 2.82. The van der Waals surface area contributed by atoms with E-state index in [2.05, 4.69) is 20.7 Å². The molecule has 2 aromatic rings. The molecule has 116 valence electrons. The molecule has 0 aliphatic rings. The molecule has 22 heavy (non-hydrogen) atoms. The molecule has 0 fully saturated rings. The summed E-state index contributed by atoms with van der Waals surface area (Å²) >= 11 is 5.84. The monoisotopic (exact) mass is 318 g/mol. The van der Waals surface area contributed by atoms with Gasteiger partial charge in [-0.2, -0.15) is 10.2 Å². The van der Waals surface area contributed by atoms with Crippen LogP contribution in [0.1, 0.15) is 35.9 Å². The number of hydrogen-bond acceptors (Lipinski definition) is 3. The maximum atomic E-state index is 11.9. The van der Waals surface area contributed by atoms with Gasteiger partial charge in [-0.1, -0.05) is 23.7 Å². The van der Waals surface area contributed by atoms with Crippen molar-refractivity contribution >= 4 is 23.2 Å². The lowest BCUT2D eigenvalue weighted by Gasteiger charge is -2.04. The fourth-order valence-corrected chi connectivity index (χ4v) is 2.26. The number of halogens is 1. The van der Waals surface area contributed by atoms with Crippen LogP contribution in [0.3, 0.4) is 0 Å². The van der Waals surface area contributed by atoms with E-state index in [9.17, 15) is 4.79 Å². The summed E-state index contributed by atoms with van der Waals surface area (Å²) < 4.78 is 0. The molecule has 0 atom stereocenters. The molecular formula is C16H19ClN4O. The van der Waals surface area contributed by atoms with Gasteiger partial charge in [-0.15, -0.1) is 0 Å². The highest BCUT2D eigenvalue weighted by molar-refractivity contribution is 6.30. The number of aromatic nitrogens is 2. The van der Waals surface area contributed by atoms with Gasteiger partial charge in [-0.05, 0) is 50.5 Å². The number of hydrazone groups is 1. The van der Waals surface area contributed by atoms with Crippen molar-refractivity contribution in [1.82, 2.24) is 15.6 Å². The van der Waals surface area contributed by atoms with Crippen LogP contribution in [0.5, 0.6) is 0 Å². The SMILES string of the molecule is CC(=NNC(=O)CCc1c(C)n[nH]c1C)c1ccc(Cl)cc1. The molecule has 2 rings (SSSR count). The van der Waals surface area contributed by atoms with Crippen LogP contribution in [0.2, 0.25) is 5.02 Å². The van der Waals surface area contributed by atoms with Crippen molar-refractivity contribution in [2.24, 2.45) is 5.10 Å². The number of nitrogens with one attached hydrogen (secondary N) is 2. The Morgan fingerprint density at radius 2 is 2.00 bits per heavy atom. The van der Waals surface area contributed by atoms with E-state index in [-0.39, 0.29) is 5.91 Å². The highest BCUT2D eigenvalue weighted by atomic mass is 35.5. The van der Waals surface area contributed by atoms with Crippen LogP contribution in [-0.4, -0.2) is 21.8 Å². The van der Waals surface area contributed by atoms with E-state index in [1.807, 2.05) is 32.9 Å². The molecule has 0 unspecified atom stereocenters.